The summed E-state index contributed by atoms with van der Waals surface area (Å²) in [6, 6.07) is 8.55. The van der Waals surface area contributed by atoms with Crippen LogP contribution in [0, 0.1) is 18.6 Å². The SMILES string of the molecule is Cc1cccc(S(=O)(=O)c2ccc(F)cc2F)c1. The molecule has 0 saturated heterocycles. The van der Waals surface area contributed by atoms with E-state index in [2.05, 4.69) is 0 Å². The minimum absolute atomic E-state index is 0.00647. The van der Waals surface area contributed by atoms with E-state index in [0.29, 0.717) is 6.07 Å². The van der Waals surface area contributed by atoms with Crippen LogP contribution in [0.5, 0.6) is 0 Å². The Balaban J connectivity index is 2.62. The summed E-state index contributed by atoms with van der Waals surface area (Å²) in [6.45, 7) is 1.74. The fourth-order valence-electron chi connectivity index (χ4n) is 1.60. The molecule has 5 heteroatoms. The zero-order valence-electron chi connectivity index (χ0n) is 9.52. The summed E-state index contributed by atoms with van der Waals surface area (Å²) >= 11 is 0. The van der Waals surface area contributed by atoms with E-state index in [4.69, 9.17) is 0 Å². The number of halogens is 2. The Kier molecular flexibility index (Phi) is 3.17. The number of sulfone groups is 1. The van der Waals surface area contributed by atoms with Crippen molar-refractivity contribution in [3.05, 3.63) is 59.7 Å². The van der Waals surface area contributed by atoms with Crippen molar-refractivity contribution in [2.24, 2.45) is 0 Å². The van der Waals surface area contributed by atoms with Crippen LogP contribution in [0.3, 0.4) is 0 Å². The van der Waals surface area contributed by atoms with E-state index in [1.54, 1.807) is 19.1 Å². The number of rotatable bonds is 2. The summed E-state index contributed by atoms with van der Waals surface area (Å²) < 4.78 is 50.6. The molecule has 0 aliphatic rings. The van der Waals surface area contributed by atoms with Crippen LogP contribution in [0.25, 0.3) is 0 Å². The van der Waals surface area contributed by atoms with Crippen LogP contribution in [-0.4, -0.2) is 8.42 Å². The van der Waals surface area contributed by atoms with Gasteiger partial charge in [0.05, 0.1) is 4.90 Å². The Hall–Kier alpha value is -1.75. The quantitative estimate of drug-likeness (QED) is 0.784. The van der Waals surface area contributed by atoms with Crippen LogP contribution in [0.4, 0.5) is 8.78 Å². The molecule has 18 heavy (non-hydrogen) atoms. The monoisotopic (exact) mass is 268 g/mol. The Morgan fingerprint density at radius 3 is 2.33 bits per heavy atom. The van der Waals surface area contributed by atoms with Gasteiger partial charge in [0.2, 0.25) is 9.84 Å². The molecule has 0 bridgehead atoms. The molecular weight excluding hydrogens is 258 g/mol. The Morgan fingerprint density at radius 1 is 1.00 bits per heavy atom. The molecule has 0 fully saturated rings. The highest BCUT2D eigenvalue weighted by atomic mass is 32.2. The minimum Gasteiger partial charge on any atom is -0.218 e. The van der Waals surface area contributed by atoms with Gasteiger partial charge in [-0.05, 0) is 36.8 Å². The van der Waals surface area contributed by atoms with Gasteiger partial charge in [-0.15, -0.1) is 0 Å². The average molecular weight is 268 g/mol. The lowest BCUT2D eigenvalue weighted by Gasteiger charge is -2.06. The molecule has 0 amide bonds. The number of benzene rings is 2. The summed E-state index contributed by atoms with van der Waals surface area (Å²) in [7, 11) is -3.95. The first-order chi connectivity index (χ1) is 8.41. The number of hydrogen-bond donors (Lipinski definition) is 0. The van der Waals surface area contributed by atoms with Gasteiger partial charge in [0.15, 0.2) is 0 Å². The van der Waals surface area contributed by atoms with Crippen molar-refractivity contribution in [2.75, 3.05) is 0 Å². The highest BCUT2D eigenvalue weighted by Gasteiger charge is 2.22. The summed E-state index contributed by atoms with van der Waals surface area (Å²) in [5.41, 5.74) is 0.749. The van der Waals surface area contributed by atoms with E-state index in [-0.39, 0.29) is 4.90 Å². The molecule has 2 aromatic rings. The van der Waals surface area contributed by atoms with E-state index in [9.17, 15) is 17.2 Å². The zero-order valence-corrected chi connectivity index (χ0v) is 10.3. The third-order valence-corrected chi connectivity index (χ3v) is 4.27. The molecule has 0 heterocycles. The van der Waals surface area contributed by atoms with E-state index in [0.717, 1.165) is 17.7 Å². The zero-order chi connectivity index (χ0) is 13.3. The standard InChI is InChI=1S/C13H10F2O2S/c1-9-3-2-4-11(7-9)18(16,17)13-6-5-10(14)8-12(13)15/h2-8H,1H3. The van der Waals surface area contributed by atoms with Crippen molar-refractivity contribution in [1.82, 2.24) is 0 Å². The fraction of sp³-hybridized carbons (Fsp3) is 0.0769. The Bertz CT molecular complexity index is 694. The molecule has 0 aliphatic heterocycles. The van der Waals surface area contributed by atoms with Crippen molar-refractivity contribution in [3.63, 3.8) is 0 Å². The highest BCUT2D eigenvalue weighted by Crippen LogP contribution is 2.24. The van der Waals surface area contributed by atoms with Crippen molar-refractivity contribution in [3.8, 4) is 0 Å². The van der Waals surface area contributed by atoms with Gasteiger partial charge >= 0.3 is 0 Å². The van der Waals surface area contributed by atoms with Crippen LogP contribution >= 0.6 is 0 Å². The lowest BCUT2D eigenvalue weighted by Crippen LogP contribution is -2.05. The second kappa shape index (κ2) is 4.49. The van der Waals surface area contributed by atoms with Crippen molar-refractivity contribution < 1.29 is 17.2 Å². The molecule has 2 aromatic carbocycles. The largest absolute Gasteiger partial charge is 0.218 e. The molecule has 0 N–H and O–H groups in total. The molecule has 0 atom stereocenters. The second-order valence-electron chi connectivity index (χ2n) is 3.89. The molecular formula is C13H10F2O2S. The Labute approximate surface area is 104 Å². The van der Waals surface area contributed by atoms with Gasteiger partial charge in [-0.1, -0.05) is 12.1 Å². The van der Waals surface area contributed by atoms with Gasteiger partial charge in [-0.25, -0.2) is 17.2 Å². The molecule has 94 valence electrons. The molecule has 0 radical (unpaired) electrons. The maximum absolute atomic E-state index is 13.5. The van der Waals surface area contributed by atoms with Gasteiger partial charge in [0, 0.05) is 6.07 Å². The fourth-order valence-corrected chi connectivity index (χ4v) is 3.02. The van der Waals surface area contributed by atoms with Crippen LogP contribution in [-0.2, 0) is 9.84 Å². The van der Waals surface area contributed by atoms with Crippen LogP contribution < -0.4 is 0 Å². The third kappa shape index (κ3) is 2.26. The summed E-state index contributed by atoms with van der Waals surface area (Å²) in [5.74, 6) is -1.90. The van der Waals surface area contributed by atoms with Gasteiger partial charge < -0.3 is 0 Å². The second-order valence-corrected chi connectivity index (χ2v) is 5.81. The Morgan fingerprint density at radius 2 is 1.72 bits per heavy atom. The maximum Gasteiger partial charge on any atom is 0.209 e. The molecule has 0 spiro atoms. The van der Waals surface area contributed by atoms with Gasteiger partial charge in [-0.2, -0.15) is 0 Å². The first kappa shape index (κ1) is 12.7. The van der Waals surface area contributed by atoms with Crippen molar-refractivity contribution in [2.45, 2.75) is 16.7 Å². The smallest absolute Gasteiger partial charge is 0.209 e. The van der Waals surface area contributed by atoms with E-state index in [1.165, 1.54) is 12.1 Å². The first-order valence-corrected chi connectivity index (χ1v) is 6.66. The summed E-state index contributed by atoms with van der Waals surface area (Å²) in [5, 5.41) is 0. The predicted molar refractivity (Wildman–Crippen MR) is 63.0 cm³/mol. The molecule has 2 nitrogen and oxygen atoms in total. The number of aryl methyl sites for hydroxylation is 1. The van der Waals surface area contributed by atoms with Gasteiger partial charge in [0.25, 0.3) is 0 Å². The molecule has 0 unspecified atom stereocenters. The molecule has 0 aliphatic carbocycles. The molecule has 0 aromatic heterocycles. The summed E-state index contributed by atoms with van der Waals surface area (Å²) in [6.07, 6.45) is 0. The highest BCUT2D eigenvalue weighted by molar-refractivity contribution is 7.91. The lowest BCUT2D eigenvalue weighted by molar-refractivity contribution is 0.549. The average Bonchev–Trinajstić information content (AvgIpc) is 2.28. The summed E-state index contributed by atoms with van der Waals surface area (Å²) in [4.78, 5) is -0.525. The minimum atomic E-state index is -3.95. The predicted octanol–water partition coefficient (Wildman–Crippen LogP) is 3.11. The van der Waals surface area contributed by atoms with Crippen LogP contribution in [0.2, 0.25) is 0 Å². The van der Waals surface area contributed by atoms with Crippen LogP contribution in [0.15, 0.2) is 52.3 Å². The number of hydrogen-bond acceptors (Lipinski definition) is 2. The lowest BCUT2D eigenvalue weighted by atomic mass is 10.2. The normalized spacial score (nSPS) is 11.5. The molecule has 0 saturated carbocycles. The van der Waals surface area contributed by atoms with E-state index < -0.39 is 26.4 Å². The first-order valence-electron chi connectivity index (χ1n) is 5.18. The van der Waals surface area contributed by atoms with Crippen molar-refractivity contribution in [1.29, 1.82) is 0 Å². The topological polar surface area (TPSA) is 34.1 Å². The van der Waals surface area contributed by atoms with E-state index in [1.807, 2.05) is 0 Å². The maximum atomic E-state index is 13.5. The van der Waals surface area contributed by atoms with Crippen LogP contribution in [0.1, 0.15) is 5.56 Å². The molecule has 2 rings (SSSR count). The van der Waals surface area contributed by atoms with Gasteiger partial charge in [0.1, 0.15) is 16.5 Å². The van der Waals surface area contributed by atoms with Crippen molar-refractivity contribution >= 4 is 9.84 Å². The van der Waals surface area contributed by atoms with E-state index >= 15 is 0 Å². The van der Waals surface area contributed by atoms with Gasteiger partial charge in [-0.3, -0.25) is 0 Å². The third-order valence-electron chi connectivity index (χ3n) is 2.48.